The van der Waals surface area contributed by atoms with Crippen molar-refractivity contribution in [3.63, 3.8) is 0 Å². The monoisotopic (exact) mass is 414 g/mol. The number of carboxylic acids is 1. The van der Waals surface area contributed by atoms with Crippen LogP contribution in [0.4, 0.5) is 4.79 Å². The predicted octanol–water partition coefficient (Wildman–Crippen LogP) is 1.74. The second-order valence-electron chi connectivity index (χ2n) is 5.94. The maximum Gasteiger partial charge on any atom is 0.407 e. The van der Waals surface area contributed by atoms with Crippen LogP contribution in [0.3, 0.4) is 0 Å². The van der Waals surface area contributed by atoms with Crippen molar-refractivity contribution in [3.8, 4) is 0 Å². The van der Waals surface area contributed by atoms with Gasteiger partial charge in [-0.25, -0.2) is 9.59 Å². The van der Waals surface area contributed by atoms with E-state index in [1.165, 1.54) is 41.4 Å². The molecule has 0 spiro atoms. The Morgan fingerprint density at radius 3 is 2.74 bits per heavy atom. The number of hydrogen-bond acceptors (Lipinski definition) is 7. The third-order valence-electron chi connectivity index (χ3n) is 4.10. The average molecular weight is 415 g/mol. The van der Waals surface area contributed by atoms with E-state index in [0.29, 0.717) is 16.4 Å². The molecule has 3 N–H and O–H groups in total. The van der Waals surface area contributed by atoms with Crippen LogP contribution in [-0.2, 0) is 14.3 Å². The van der Waals surface area contributed by atoms with Gasteiger partial charge in [0.2, 0.25) is 5.91 Å². The number of rotatable bonds is 10. The number of alkyl carbamates (subject to hydrolysis) is 1. The number of thioether (sulfide) groups is 2. The van der Waals surface area contributed by atoms with Crippen molar-refractivity contribution in [2.45, 2.75) is 24.3 Å². The molecular weight excluding hydrogens is 392 g/mol. The molecule has 0 aromatic heterocycles. The van der Waals surface area contributed by atoms with E-state index in [2.05, 4.69) is 18.5 Å². The van der Waals surface area contributed by atoms with Crippen LogP contribution in [0.5, 0.6) is 0 Å². The molecule has 1 unspecified atom stereocenters. The first-order valence-corrected chi connectivity index (χ1v) is 10.0. The molecule has 1 saturated heterocycles. The zero-order chi connectivity index (χ0) is 20.2. The number of hydrogen-bond donors (Lipinski definition) is 3. The minimum atomic E-state index is -1.20. The van der Waals surface area contributed by atoms with Crippen LogP contribution >= 0.6 is 23.5 Å². The fourth-order valence-corrected chi connectivity index (χ4v) is 6.23. The number of aliphatic hydroxyl groups excluding tert-OH is 1. The Balaban J connectivity index is 2.08. The zero-order valence-corrected chi connectivity index (χ0v) is 16.5. The van der Waals surface area contributed by atoms with Gasteiger partial charge in [0.15, 0.2) is 5.70 Å². The quantitative estimate of drug-likeness (QED) is 0.281. The Labute approximate surface area is 165 Å². The third-order valence-corrected chi connectivity index (χ3v) is 6.90. The number of nitrogens with one attached hydrogen (secondary N) is 1. The summed E-state index contributed by atoms with van der Waals surface area (Å²) in [7, 11) is 0. The number of nitrogens with zero attached hydrogens (tertiary/aromatic N) is 1. The number of carbonyl (C=O) groups excluding carboxylic acids is 2. The van der Waals surface area contributed by atoms with E-state index in [1.807, 2.05) is 0 Å². The number of fused-ring (bicyclic) bond motifs is 1. The molecule has 2 amide bonds. The molecule has 2 aliphatic heterocycles. The van der Waals surface area contributed by atoms with Crippen molar-refractivity contribution in [1.82, 2.24) is 10.2 Å². The van der Waals surface area contributed by atoms with E-state index < -0.39 is 34.9 Å². The molecule has 3 atom stereocenters. The van der Waals surface area contributed by atoms with Gasteiger partial charge in [-0.1, -0.05) is 30.5 Å². The minimum Gasteiger partial charge on any atom is -0.477 e. The molecule has 8 nitrogen and oxygen atoms in total. The van der Waals surface area contributed by atoms with Crippen LogP contribution < -0.4 is 5.32 Å². The summed E-state index contributed by atoms with van der Waals surface area (Å²) in [6.07, 6.45) is 1.94. The molecule has 0 saturated carbocycles. The molecule has 0 aromatic carbocycles. The van der Waals surface area contributed by atoms with Gasteiger partial charge in [-0.15, -0.1) is 18.3 Å². The molecule has 27 heavy (non-hydrogen) atoms. The second kappa shape index (κ2) is 8.85. The van der Waals surface area contributed by atoms with Crippen molar-refractivity contribution in [2.75, 3.05) is 18.9 Å². The molecule has 2 rings (SSSR count). The van der Waals surface area contributed by atoms with Gasteiger partial charge in [-0.2, -0.15) is 0 Å². The summed E-state index contributed by atoms with van der Waals surface area (Å²) >= 11 is 2.50. The van der Waals surface area contributed by atoms with E-state index in [9.17, 15) is 24.6 Å². The van der Waals surface area contributed by atoms with Gasteiger partial charge in [0.25, 0.3) is 0 Å². The normalized spacial score (nSPS) is 24.7. The van der Waals surface area contributed by atoms with Crippen LogP contribution in [0, 0.1) is 5.92 Å². The number of aliphatic carboxylic acids is 1. The van der Waals surface area contributed by atoms with Gasteiger partial charge < -0.3 is 20.3 Å². The molecule has 0 aromatic rings. The van der Waals surface area contributed by atoms with Gasteiger partial charge in [0.1, 0.15) is 11.5 Å². The number of carbonyl (C=O) groups is 3. The van der Waals surface area contributed by atoms with Crippen LogP contribution in [0.1, 0.15) is 13.3 Å². The number of aliphatic hydroxyl groups is 1. The summed E-state index contributed by atoms with van der Waals surface area (Å²) in [5, 5.41) is 22.2. The maximum absolute atomic E-state index is 12.5. The molecule has 10 heteroatoms. The van der Waals surface area contributed by atoms with Gasteiger partial charge in [-0.05, 0) is 13.3 Å². The van der Waals surface area contributed by atoms with Crippen LogP contribution in [0.2, 0.25) is 0 Å². The Kier molecular flexibility index (Phi) is 7.01. The Bertz CT molecular complexity index is 693. The number of ether oxygens (including phenoxy) is 1. The predicted molar refractivity (Wildman–Crippen MR) is 104 cm³/mol. The first kappa shape index (κ1) is 21.4. The van der Waals surface area contributed by atoms with E-state index >= 15 is 0 Å². The topological polar surface area (TPSA) is 116 Å². The Morgan fingerprint density at radius 1 is 1.48 bits per heavy atom. The lowest BCUT2D eigenvalue weighted by Gasteiger charge is -2.54. The highest BCUT2D eigenvalue weighted by Crippen LogP contribution is 2.62. The summed E-state index contributed by atoms with van der Waals surface area (Å²) in [4.78, 5) is 36.0. The second-order valence-corrected chi connectivity index (χ2v) is 8.62. The highest BCUT2D eigenvalue weighted by atomic mass is 32.2. The molecule has 148 valence electrons. The first-order chi connectivity index (χ1) is 12.8. The van der Waals surface area contributed by atoms with E-state index in [1.54, 1.807) is 6.08 Å². The number of β-lactam (4-membered cyclic amide) rings is 1. The van der Waals surface area contributed by atoms with Crippen LogP contribution in [0.15, 0.2) is 35.2 Å². The third kappa shape index (κ3) is 4.02. The van der Waals surface area contributed by atoms with E-state index in [0.717, 1.165) is 0 Å². The lowest BCUT2D eigenvalue weighted by atomic mass is 9.80. The molecule has 0 aliphatic carbocycles. The van der Waals surface area contributed by atoms with Crippen molar-refractivity contribution in [2.24, 2.45) is 5.92 Å². The van der Waals surface area contributed by atoms with Gasteiger partial charge in [-0.3, -0.25) is 9.69 Å². The summed E-state index contributed by atoms with van der Waals surface area (Å²) < 4.78 is 5.26. The molecular formula is C17H22N2O6S2. The van der Waals surface area contributed by atoms with Gasteiger partial charge in [0, 0.05) is 12.3 Å². The smallest absolute Gasteiger partial charge is 0.407 e. The van der Waals surface area contributed by atoms with Crippen LogP contribution in [-0.4, -0.2) is 63.0 Å². The lowest BCUT2D eigenvalue weighted by molar-refractivity contribution is -0.166. The fourth-order valence-electron chi connectivity index (χ4n) is 3.11. The number of amides is 2. The summed E-state index contributed by atoms with van der Waals surface area (Å²) in [5.41, 5.74) is -0.0806. The van der Waals surface area contributed by atoms with Crippen molar-refractivity contribution >= 4 is 41.5 Å². The fraction of sp³-hybridized carbons (Fsp3) is 0.471. The standard InChI is InChI=1S/C17H22N2O6S2/c1-4-6-17-11(10(3)20)13(21)19(17)12(14(22)23)15(27-17)26-9-7-18-16(24)25-8-5-2/h4-5,10-11,20H,1-2,6-9H2,3H3,(H,18,24)(H,22,23)/t10?,11-,17+/m0/s1. The molecule has 2 aliphatic rings. The SMILES string of the molecule is C=CCOC(=O)NCCSC1=C(C(=O)O)N2C(=O)[C@H](C(C)O)[C@@]2(CC=C)S1. The molecule has 1 fully saturated rings. The van der Waals surface area contributed by atoms with Crippen LogP contribution in [0.25, 0.3) is 0 Å². The first-order valence-electron chi connectivity index (χ1n) is 8.24. The summed E-state index contributed by atoms with van der Waals surface area (Å²) in [5.74, 6) is -1.90. The Morgan fingerprint density at radius 2 is 2.19 bits per heavy atom. The number of carboxylic acid groups (broad SMARTS) is 1. The van der Waals surface area contributed by atoms with Gasteiger partial charge in [0.05, 0.1) is 16.3 Å². The highest BCUT2D eigenvalue weighted by molar-refractivity contribution is 8.23. The molecule has 0 bridgehead atoms. The van der Waals surface area contributed by atoms with Crippen molar-refractivity contribution in [3.05, 3.63) is 35.2 Å². The van der Waals surface area contributed by atoms with Crippen molar-refractivity contribution < 1.29 is 29.3 Å². The van der Waals surface area contributed by atoms with Crippen molar-refractivity contribution in [1.29, 1.82) is 0 Å². The minimum absolute atomic E-state index is 0.0806. The molecule has 2 heterocycles. The van der Waals surface area contributed by atoms with E-state index in [4.69, 9.17) is 4.74 Å². The molecule has 0 radical (unpaired) electrons. The highest BCUT2D eigenvalue weighted by Gasteiger charge is 2.67. The van der Waals surface area contributed by atoms with E-state index in [-0.39, 0.29) is 18.8 Å². The summed E-state index contributed by atoms with van der Waals surface area (Å²) in [6, 6.07) is 0. The Hall–Kier alpha value is -1.91. The average Bonchev–Trinajstić information content (AvgIpc) is 2.87. The zero-order valence-electron chi connectivity index (χ0n) is 14.8. The largest absolute Gasteiger partial charge is 0.477 e. The lowest BCUT2D eigenvalue weighted by Crippen LogP contribution is -2.69. The van der Waals surface area contributed by atoms with Gasteiger partial charge >= 0.3 is 12.1 Å². The maximum atomic E-state index is 12.5. The summed E-state index contributed by atoms with van der Waals surface area (Å²) in [6.45, 7) is 9.03.